The summed E-state index contributed by atoms with van der Waals surface area (Å²) in [6.45, 7) is 0. The van der Waals surface area contributed by atoms with Gasteiger partial charge in [0.15, 0.2) is 0 Å². The van der Waals surface area contributed by atoms with Gasteiger partial charge in [-0.2, -0.15) is 0 Å². The second kappa shape index (κ2) is 6.44. The molecule has 1 aromatic carbocycles. The predicted octanol–water partition coefficient (Wildman–Crippen LogP) is 4.90. The van der Waals surface area contributed by atoms with E-state index in [4.69, 9.17) is 23.2 Å². The molecule has 98 valence electrons. The van der Waals surface area contributed by atoms with Gasteiger partial charge in [-0.3, -0.25) is 4.79 Å². The van der Waals surface area contributed by atoms with Crippen molar-refractivity contribution in [2.24, 2.45) is 5.92 Å². The Bertz CT molecular complexity index is 428. The van der Waals surface area contributed by atoms with Crippen LogP contribution in [0.25, 0.3) is 0 Å². The third-order valence-electron chi connectivity index (χ3n) is 3.42. The predicted molar refractivity (Wildman–Crippen MR) is 76.3 cm³/mol. The SMILES string of the molecule is O=C(CC1CCCCC1)Nc1cccc(Cl)c1Cl. The van der Waals surface area contributed by atoms with Crippen LogP contribution in [0.5, 0.6) is 0 Å². The van der Waals surface area contributed by atoms with Gasteiger partial charge in [-0.15, -0.1) is 0 Å². The monoisotopic (exact) mass is 285 g/mol. The number of benzene rings is 1. The first kappa shape index (κ1) is 13.7. The molecule has 4 heteroatoms. The van der Waals surface area contributed by atoms with Crippen molar-refractivity contribution in [3.63, 3.8) is 0 Å². The second-order valence-corrected chi connectivity index (χ2v) is 5.64. The molecule has 2 nitrogen and oxygen atoms in total. The van der Waals surface area contributed by atoms with Crippen molar-refractivity contribution < 1.29 is 4.79 Å². The number of nitrogens with one attached hydrogen (secondary N) is 1. The number of anilines is 1. The maximum absolute atomic E-state index is 11.9. The molecule has 1 amide bonds. The number of rotatable bonds is 3. The molecular weight excluding hydrogens is 269 g/mol. The van der Waals surface area contributed by atoms with Crippen molar-refractivity contribution in [1.29, 1.82) is 0 Å². The summed E-state index contributed by atoms with van der Waals surface area (Å²) in [5.74, 6) is 0.558. The minimum absolute atomic E-state index is 0.0334. The van der Waals surface area contributed by atoms with Gasteiger partial charge in [-0.1, -0.05) is 48.5 Å². The van der Waals surface area contributed by atoms with Crippen LogP contribution in [0.2, 0.25) is 10.0 Å². The molecular formula is C14H17Cl2NO. The second-order valence-electron chi connectivity index (χ2n) is 4.86. The van der Waals surface area contributed by atoms with E-state index in [1.54, 1.807) is 18.2 Å². The van der Waals surface area contributed by atoms with Crippen LogP contribution in [0, 0.1) is 5.92 Å². The lowest BCUT2D eigenvalue weighted by Crippen LogP contribution is -2.18. The number of hydrogen-bond donors (Lipinski definition) is 1. The van der Waals surface area contributed by atoms with Gasteiger partial charge in [0.25, 0.3) is 0 Å². The molecule has 1 N–H and O–H groups in total. The lowest BCUT2D eigenvalue weighted by atomic mass is 9.87. The normalized spacial score (nSPS) is 16.6. The molecule has 0 spiro atoms. The Kier molecular flexibility index (Phi) is 4.90. The molecule has 0 aromatic heterocycles. The Morgan fingerprint density at radius 3 is 2.67 bits per heavy atom. The lowest BCUT2D eigenvalue weighted by Gasteiger charge is -2.21. The van der Waals surface area contributed by atoms with Gasteiger partial charge in [0.2, 0.25) is 5.91 Å². The van der Waals surface area contributed by atoms with E-state index in [1.807, 2.05) is 0 Å². The van der Waals surface area contributed by atoms with Crippen molar-refractivity contribution in [3.8, 4) is 0 Å². The highest BCUT2D eigenvalue weighted by atomic mass is 35.5. The average molecular weight is 286 g/mol. The third kappa shape index (κ3) is 3.63. The van der Waals surface area contributed by atoms with E-state index >= 15 is 0 Å². The maximum Gasteiger partial charge on any atom is 0.224 e. The van der Waals surface area contributed by atoms with Crippen LogP contribution in [-0.4, -0.2) is 5.91 Å². The Balaban J connectivity index is 1.92. The minimum atomic E-state index is 0.0334. The van der Waals surface area contributed by atoms with Crippen molar-refractivity contribution >= 4 is 34.8 Å². The molecule has 1 fully saturated rings. The molecule has 0 radical (unpaired) electrons. The summed E-state index contributed by atoms with van der Waals surface area (Å²) in [6.07, 6.45) is 6.71. The quantitative estimate of drug-likeness (QED) is 0.841. The molecule has 1 aromatic rings. The Morgan fingerprint density at radius 2 is 1.94 bits per heavy atom. The Hall–Kier alpha value is -0.730. The number of halogens is 2. The molecule has 1 saturated carbocycles. The number of carbonyl (C=O) groups excluding carboxylic acids is 1. The first-order valence-corrected chi connectivity index (χ1v) is 7.16. The van der Waals surface area contributed by atoms with Crippen LogP contribution in [-0.2, 0) is 4.79 Å². The van der Waals surface area contributed by atoms with E-state index < -0.39 is 0 Å². The summed E-state index contributed by atoms with van der Waals surface area (Å²) in [5, 5.41) is 3.72. The van der Waals surface area contributed by atoms with Crippen LogP contribution >= 0.6 is 23.2 Å². The maximum atomic E-state index is 11.9. The van der Waals surface area contributed by atoms with E-state index in [-0.39, 0.29) is 5.91 Å². The van der Waals surface area contributed by atoms with Crippen molar-refractivity contribution in [3.05, 3.63) is 28.2 Å². The highest BCUT2D eigenvalue weighted by molar-refractivity contribution is 6.43. The van der Waals surface area contributed by atoms with Crippen LogP contribution < -0.4 is 5.32 Å². The van der Waals surface area contributed by atoms with Crippen LogP contribution in [0.4, 0.5) is 5.69 Å². The molecule has 0 bridgehead atoms. The van der Waals surface area contributed by atoms with Crippen LogP contribution in [0.15, 0.2) is 18.2 Å². The van der Waals surface area contributed by atoms with E-state index in [1.165, 1.54) is 19.3 Å². The van der Waals surface area contributed by atoms with Gasteiger partial charge in [-0.25, -0.2) is 0 Å². The molecule has 2 rings (SSSR count). The molecule has 0 aliphatic heterocycles. The minimum Gasteiger partial charge on any atom is -0.325 e. The van der Waals surface area contributed by atoms with Crippen molar-refractivity contribution in [2.75, 3.05) is 5.32 Å². The number of amides is 1. The van der Waals surface area contributed by atoms with Gasteiger partial charge >= 0.3 is 0 Å². The van der Waals surface area contributed by atoms with Crippen LogP contribution in [0.1, 0.15) is 38.5 Å². The zero-order valence-corrected chi connectivity index (χ0v) is 11.7. The van der Waals surface area contributed by atoms with E-state index in [2.05, 4.69) is 5.32 Å². The topological polar surface area (TPSA) is 29.1 Å². The molecule has 1 aliphatic rings. The van der Waals surface area contributed by atoms with E-state index in [0.717, 1.165) is 12.8 Å². The standard InChI is InChI=1S/C14H17Cl2NO/c15-11-7-4-8-12(14(11)16)17-13(18)9-10-5-2-1-3-6-10/h4,7-8,10H,1-3,5-6,9H2,(H,17,18). The fourth-order valence-electron chi connectivity index (χ4n) is 2.46. The summed E-state index contributed by atoms with van der Waals surface area (Å²) >= 11 is 11.9. The fraction of sp³-hybridized carbons (Fsp3) is 0.500. The summed E-state index contributed by atoms with van der Waals surface area (Å²) in [6, 6.07) is 5.26. The van der Waals surface area contributed by atoms with E-state index in [0.29, 0.717) is 28.1 Å². The summed E-state index contributed by atoms with van der Waals surface area (Å²) < 4.78 is 0. The van der Waals surface area contributed by atoms with Gasteiger partial charge in [0.05, 0.1) is 15.7 Å². The largest absolute Gasteiger partial charge is 0.325 e. The van der Waals surface area contributed by atoms with Gasteiger partial charge < -0.3 is 5.32 Å². The van der Waals surface area contributed by atoms with Crippen molar-refractivity contribution in [1.82, 2.24) is 0 Å². The van der Waals surface area contributed by atoms with Crippen molar-refractivity contribution in [2.45, 2.75) is 38.5 Å². The zero-order valence-electron chi connectivity index (χ0n) is 10.2. The molecule has 18 heavy (non-hydrogen) atoms. The van der Waals surface area contributed by atoms with Gasteiger partial charge in [-0.05, 0) is 30.9 Å². The number of hydrogen-bond acceptors (Lipinski definition) is 1. The first-order chi connectivity index (χ1) is 8.66. The number of carbonyl (C=O) groups is 1. The summed E-state index contributed by atoms with van der Waals surface area (Å²) in [4.78, 5) is 11.9. The molecule has 0 unspecified atom stereocenters. The fourth-order valence-corrected chi connectivity index (χ4v) is 2.80. The lowest BCUT2D eigenvalue weighted by molar-refractivity contribution is -0.117. The third-order valence-corrected chi connectivity index (χ3v) is 4.24. The zero-order chi connectivity index (χ0) is 13.0. The summed E-state index contributed by atoms with van der Waals surface area (Å²) in [7, 11) is 0. The highest BCUT2D eigenvalue weighted by Crippen LogP contribution is 2.31. The molecule has 0 heterocycles. The Labute approximate surface area is 118 Å². The smallest absolute Gasteiger partial charge is 0.224 e. The summed E-state index contributed by atoms with van der Waals surface area (Å²) in [5.41, 5.74) is 0.602. The highest BCUT2D eigenvalue weighted by Gasteiger charge is 2.17. The molecule has 0 saturated heterocycles. The van der Waals surface area contributed by atoms with Crippen LogP contribution in [0.3, 0.4) is 0 Å². The average Bonchev–Trinajstić information content (AvgIpc) is 2.36. The van der Waals surface area contributed by atoms with Gasteiger partial charge in [0, 0.05) is 6.42 Å². The molecule has 1 aliphatic carbocycles. The van der Waals surface area contributed by atoms with E-state index in [9.17, 15) is 4.79 Å². The Morgan fingerprint density at radius 1 is 1.22 bits per heavy atom. The molecule has 0 atom stereocenters. The van der Waals surface area contributed by atoms with Gasteiger partial charge in [0.1, 0.15) is 0 Å². The first-order valence-electron chi connectivity index (χ1n) is 6.40.